The molecule has 5 N–H and O–H groups in total. The third kappa shape index (κ3) is 9.51. The minimum Gasteiger partial charge on any atom is -0.459 e. The molecule has 14 nitrogen and oxygen atoms in total. The molecule has 0 spiro atoms. The molecule has 0 unspecified atom stereocenters. The Morgan fingerprint density at radius 2 is 1.61 bits per heavy atom. The fourth-order valence-electron chi connectivity index (χ4n) is 7.85. The van der Waals surface area contributed by atoms with Crippen LogP contribution >= 0.6 is 0 Å². The number of rotatable bonds is 7. The summed E-state index contributed by atoms with van der Waals surface area (Å²) in [4.78, 5) is 28.4. The third-order valence-corrected chi connectivity index (χ3v) is 11.0. The van der Waals surface area contributed by atoms with E-state index in [1.807, 2.05) is 0 Å². The summed E-state index contributed by atoms with van der Waals surface area (Å²) in [6.07, 6.45) is -18.7. The molecule has 3 heterocycles. The highest BCUT2D eigenvalue weighted by Crippen LogP contribution is 2.40. The van der Waals surface area contributed by atoms with Crippen LogP contribution in [0.4, 0.5) is 0 Å². The summed E-state index contributed by atoms with van der Waals surface area (Å²) in [6.45, 7) is 2.32. The molecule has 298 valence electrons. The van der Waals surface area contributed by atoms with Crippen LogP contribution in [0.3, 0.4) is 0 Å². The Hall–Kier alpha value is -1.30. The average Bonchev–Trinajstić information content (AvgIpc) is 3.10. The highest BCUT2D eigenvalue weighted by atomic mass is 16.7. The topological polar surface area (TPSA) is 194 Å². The maximum Gasteiger partial charge on any atom is 0.311 e. The first-order chi connectivity index (χ1) is 28.2. The van der Waals surface area contributed by atoms with Crippen molar-refractivity contribution in [3.63, 3.8) is 0 Å². The highest BCUT2D eigenvalue weighted by molar-refractivity contribution is 5.83. The number of methoxy groups -OCH3 is 1. The Kier molecular flexibility index (Phi) is 9.69. The SMILES string of the molecule is [2H][13C]([2H])([2H])O[C@]1([13C]([2H])([2H])[2H])C[C@H](O[C@H]2[C@H](C)[C@@H](O[C@@H]3O[C@H](C)C[C@H](N([13C]([2H])([2H])[2H])[13C]([2H])([2H])[2H])[C@H]3O)[C@](C)(O)C[C@@H](C)C(=O)[C@H](C)[C@@H](O)[C@](C)(O)[C@@H](CC)OC(=O)[C@@H]2C)O[C@@H](C)[C@@H]1O. The van der Waals surface area contributed by atoms with Crippen LogP contribution in [0.1, 0.15) is 111 Å². The van der Waals surface area contributed by atoms with E-state index in [1.165, 1.54) is 55.4 Å². The van der Waals surface area contributed by atoms with Gasteiger partial charge in [-0.2, -0.15) is 0 Å². The summed E-state index contributed by atoms with van der Waals surface area (Å²) in [5.74, 6) is -7.02. The molecule has 3 aliphatic rings. The molecule has 3 aliphatic heterocycles. The summed E-state index contributed by atoms with van der Waals surface area (Å²) < 4.78 is 132. The molecule has 0 aromatic heterocycles. The first kappa shape index (κ1) is 29.0. The van der Waals surface area contributed by atoms with Gasteiger partial charge >= 0.3 is 5.97 Å². The zero-order valence-electron chi connectivity index (χ0n) is 42.9. The predicted octanol–water partition coefficient (Wildman–Crippen LogP) is 1.79. The van der Waals surface area contributed by atoms with Crippen molar-refractivity contribution in [2.45, 2.75) is 179 Å². The number of likely N-dealkylation sites (N-methyl/N-ethyl adjacent to an activating group) is 1. The number of carbonyl (C=O) groups is 2. The Balaban J connectivity index is 2.31. The normalized spacial score (nSPS) is 54.2. The Labute approximate surface area is 320 Å². The third-order valence-electron chi connectivity index (χ3n) is 11.0. The predicted molar refractivity (Wildman–Crippen MR) is 186 cm³/mol. The minimum absolute atomic E-state index is 0.0744. The molecule has 3 saturated heterocycles. The fraction of sp³-hybridized carbons (Fsp3) is 0.946. The van der Waals surface area contributed by atoms with E-state index in [4.69, 9.17) is 44.9 Å². The summed E-state index contributed by atoms with van der Waals surface area (Å²) in [5, 5.41) is 58.5. The lowest BCUT2D eigenvalue weighted by Gasteiger charge is -2.49. The average molecular weight is 750 g/mol. The molecule has 0 aromatic carbocycles. The molecule has 0 saturated carbocycles. The van der Waals surface area contributed by atoms with Crippen molar-refractivity contribution in [3.05, 3.63) is 0 Å². The van der Waals surface area contributed by atoms with E-state index >= 15 is 0 Å². The van der Waals surface area contributed by atoms with Crippen LogP contribution in [0.25, 0.3) is 0 Å². The quantitative estimate of drug-likeness (QED) is 0.187. The maximum absolute atomic E-state index is 14.3. The van der Waals surface area contributed by atoms with Gasteiger partial charge in [0.05, 0.1) is 51.8 Å². The molecular weight excluding hydrogens is 670 g/mol. The smallest absolute Gasteiger partial charge is 0.311 e. The van der Waals surface area contributed by atoms with Crippen LogP contribution in [-0.2, 0) is 38.0 Å². The number of nitrogens with zero attached hydrogens (tertiary/aromatic N) is 1. The number of hydrogen-bond donors (Lipinski definition) is 5. The summed E-state index contributed by atoms with van der Waals surface area (Å²) in [5.41, 5.74) is -7.30. The maximum atomic E-state index is 14.3. The number of carbonyl (C=O) groups excluding carboxylic acids is 2. The number of ketones is 1. The molecule has 0 aromatic rings. The largest absolute Gasteiger partial charge is 0.459 e. The molecular formula is C37H67NO13. The number of esters is 1. The lowest BCUT2D eigenvalue weighted by Crippen LogP contribution is -2.61. The van der Waals surface area contributed by atoms with Gasteiger partial charge < -0.3 is 58.9 Å². The van der Waals surface area contributed by atoms with Gasteiger partial charge in [0.2, 0.25) is 0 Å². The number of hydrogen-bond acceptors (Lipinski definition) is 14. The van der Waals surface area contributed by atoms with E-state index in [-0.39, 0.29) is 17.7 Å². The molecule has 14 heteroatoms. The number of cyclic esters (lactones) is 1. The molecule has 0 aliphatic carbocycles. The van der Waals surface area contributed by atoms with Crippen LogP contribution in [0.5, 0.6) is 0 Å². The fourth-order valence-corrected chi connectivity index (χ4v) is 7.85. The number of aliphatic hydroxyl groups excluding tert-OH is 3. The summed E-state index contributed by atoms with van der Waals surface area (Å²) >= 11 is 0. The van der Waals surface area contributed by atoms with Gasteiger partial charge in [0.1, 0.15) is 29.7 Å². The van der Waals surface area contributed by atoms with Gasteiger partial charge in [-0.15, -0.1) is 0 Å². The highest BCUT2D eigenvalue weighted by Gasteiger charge is 2.53. The second-order valence-electron chi connectivity index (χ2n) is 15.4. The molecule has 0 bridgehead atoms. The number of aliphatic hydroxyl groups is 5. The molecule has 3 fully saturated rings. The Morgan fingerprint density at radius 3 is 2.20 bits per heavy atom. The van der Waals surface area contributed by atoms with E-state index in [0.29, 0.717) is 0 Å². The van der Waals surface area contributed by atoms with Crippen LogP contribution in [0, 0.1) is 23.7 Å². The van der Waals surface area contributed by atoms with Crippen molar-refractivity contribution in [1.29, 1.82) is 0 Å². The van der Waals surface area contributed by atoms with Gasteiger partial charge in [-0.1, -0.05) is 27.7 Å². The van der Waals surface area contributed by atoms with Crippen LogP contribution in [0.2, 0.25) is 0 Å². The van der Waals surface area contributed by atoms with E-state index in [1.54, 1.807) is 6.92 Å². The number of Topliss-reactive ketones (excluding diaryl/α,β-unsaturated/α-hetero) is 1. The van der Waals surface area contributed by atoms with Gasteiger partial charge in [0, 0.05) is 49.6 Å². The van der Waals surface area contributed by atoms with Crippen LogP contribution in [0.15, 0.2) is 0 Å². The van der Waals surface area contributed by atoms with Crippen molar-refractivity contribution >= 4 is 11.8 Å². The zero-order chi connectivity index (χ0) is 49.0. The van der Waals surface area contributed by atoms with Crippen molar-refractivity contribution in [2.24, 2.45) is 23.7 Å². The monoisotopic (exact) mass is 750 g/mol. The molecule has 0 radical (unpaired) electrons. The lowest BCUT2D eigenvalue weighted by molar-refractivity contribution is -0.318. The van der Waals surface area contributed by atoms with Gasteiger partial charge in [0.15, 0.2) is 12.6 Å². The van der Waals surface area contributed by atoms with Gasteiger partial charge in [-0.05, 0) is 74.7 Å². The lowest BCUT2D eigenvalue weighted by atomic mass is 9.74. The second kappa shape index (κ2) is 17.0. The Morgan fingerprint density at radius 1 is 0.941 bits per heavy atom. The zero-order valence-corrected chi connectivity index (χ0v) is 30.9. The summed E-state index contributed by atoms with van der Waals surface area (Å²) in [7, 11) is -3.36. The van der Waals surface area contributed by atoms with Crippen LogP contribution < -0.4 is 0 Å². The summed E-state index contributed by atoms with van der Waals surface area (Å²) in [6, 6.07) is -1.64. The molecule has 18 atom stereocenters. The van der Waals surface area contributed by atoms with Gasteiger partial charge in [0.25, 0.3) is 0 Å². The van der Waals surface area contributed by atoms with E-state index < -0.39 is 160 Å². The first-order valence-corrected chi connectivity index (χ1v) is 17.6. The van der Waals surface area contributed by atoms with Crippen molar-refractivity contribution in [2.75, 3.05) is 21.0 Å². The van der Waals surface area contributed by atoms with Crippen molar-refractivity contribution < 1.29 is 80.0 Å². The molecule has 0 amide bonds. The minimum atomic E-state index is -3.36. The van der Waals surface area contributed by atoms with E-state index in [9.17, 15) is 35.1 Å². The standard InChI is InChI=1S/C37H67NO13/c1-14-25-37(10,45)30(41)20(4)27(39)18(2)16-35(8,44)32(51-34-28(40)24(38(11)12)15-19(3)47-34)21(5)29(22(6)33(43)49-25)50-26-17-36(9,46-13)31(42)23(7)48-26/h18-26,28-32,34,40-42,44-45H,14-17H2,1-13H3/t18-,19-,20+,21+,22-,23+,24+,25-,26+,28-,29+,30-,31+,32-,34+,35-,36-,37-/m1/s1/i9+1D3,11+1D3,12+1D3,13+1D3. The van der Waals surface area contributed by atoms with Gasteiger partial charge in [-0.25, -0.2) is 0 Å². The van der Waals surface area contributed by atoms with Crippen molar-refractivity contribution in [3.8, 4) is 0 Å². The van der Waals surface area contributed by atoms with Crippen LogP contribution in [-0.4, -0.2) is 147 Å². The van der Waals surface area contributed by atoms with E-state index in [2.05, 4.69) is 0 Å². The van der Waals surface area contributed by atoms with Crippen molar-refractivity contribution in [1.82, 2.24) is 4.90 Å². The second-order valence-corrected chi connectivity index (χ2v) is 15.4. The number of ether oxygens (including phenoxy) is 6. The molecule has 51 heavy (non-hydrogen) atoms. The molecule has 3 rings (SSSR count). The Bertz CT molecular complexity index is 1550. The first-order valence-electron chi connectivity index (χ1n) is 23.6. The van der Waals surface area contributed by atoms with E-state index in [0.717, 1.165) is 0 Å². The van der Waals surface area contributed by atoms with Gasteiger partial charge in [-0.3, -0.25) is 9.59 Å².